The first-order valence-electron chi connectivity index (χ1n) is 9.00. The Balaban J connectivity index is 1.56. The smallest absolute Gasteiger partial charge is 0.254 e. The molecule has 0 radical (unpaired) electrons. The maximum Gasteiger partial charge on any atom is 0.254 e. The normalized spacial score (nSPS) is 10.7. The van der Waals surface area contributed by atoms with E-state index in [1.54, 1.807) is 19.2 Å². The second-order valence-electron chi connectivity index (χ2n) is 6.48. The zero-order chi connectivity index (χ0) is 20.1. The third-order valence-electron chi connectivity index (χ3n) is 4.35. The number of halogens is 1. The molecule has 1 N–H and O–H groups in total. The van der Waals surface area contributed by atoms with E-state index in [0.717, 1.165) is 32.5 Å². The molecule has 3 rings (SSSR count). The second-order valence-corrected chi connectivity index (χ2v) is 7.55. The Morgan fingerprint density at radius 3 is 2.57 bits per heavy atom. The van der Waals surface area contributed by atoms with Crippen molar-refractivity contribution in [2.45, 2.75) is 26.7 Å². The maximum atomic E-state index is 13.6. The summed E-state index contributed by atoms with van der Waals surface area (Å²) in [5.74, 6) is -0.0295. The van der Waals surface area contributed by atoms with E-state index in [0.29, 0.717) is 19.4 Å². The fourth-order valence-corrected chi connectivity index (χ4v) is 3.92. The van der Waals surface area contributed by atoms with Crippen LogP contribution < -0.4 is 10.1 Å². The molecule has 1 heterocycles. The molecule has 1 amide bonds. The van der Waals surface area contributed by atoms with Crippen LogP contribution in [0.25, 0.3) is 10.6 Å². The van der Waals surface area contributed by atoms with Crippen molar-refractivity contribution in [1.29, 1.82) is 0 Å². The zero-order valence-corrected chi connectivity index (χ0v) is 16.9. The summed E-state index contributed by atoms with van der Waals surface area (Å²) in [6, 6.07) is 10.0. The fourth-order valence-electron chi connectivity index (χ4n) is 3.05. The van der Waals surface area contributed by atoms with Gasteiger partial charge in [0, 0.05) is 18.5 Å². The van der Waals surface area contributed by atoms with Crippen LogP contribution >= 0.6 is 11.3 Å². The summed E-state index contributed by atoms with van der Waals surface area (Å²) in [4.78, 5) is 12.0. The van der Waals surface area contributed by atoms with Crippen molar-refractivity contribution >= 4 is 17.2 Å². The highest BCUT2D eigenvalue weighted by molar-refractivity contribution is 7.14. The molecule has 0 atom stereocenters. The van der Waals surface area contributed by atoms with Crippen LogP contribution in [0.4, 0.5) is 4.39 Å². The van der Waals surface area contributed by atoms with E-state index in [1.165, 1.54) is 23.5 Å². The Hall–Kier alpha value is -2.80. The minimum absolute atomic E-state index is 0.0611. The average Bonchev–Trinajstić information content (AvgIpc) is 3.14. The van der Waals surface area contributed by atoms with Gasteiger partial charge in [-0.1, -0.05) is 23.5 Å². The van der Waals surface area contributed by atoms with Gasteiger partial charge in [0.1, 0.15) is 21.6 Å². The molecule has 0 aliphatic carbocycles. The predicted molar refractivity (Wildman–Crippen MR) is 108 cm³/mol. The number of hydrogen-bond acceptors (Lipinski definition) is 5. The number of hydrogen-bond donors (Lipinski definition) is 1. The number of nitrogens with zero attached hydrogens (tertiary/aromatic N) is 2. The van der Waals surface area contributed by atoms with Crippen LogP contribution in [0, 0.1) is 19.7 Å². The number of aromatic nitrogens is 2. The van der Waals surface area contributed by atoms with Gasteiger partial charge >= 0.3 is 0 Å². The lowest BCUT2D eigenvalue weighted by Crippen LogP contribution is -2.25. The number of methoxy groups -OCH3 is 1. The topological polar surface area (TPSA) is 64.1 Å². The summed E-state index contributed by atoms with van der Waals surface area (Å²) >= 11 is 1.54. The van der Waals surface area contributed by atoms with E-state index < -0.39 is 11.7 Å². The SMILES string of the molecule is COc1c(C)cc(-c2nnc(CCCNC(=O)c3ccccc3F)s2)cc1C. The quantitative estimate of drug-likeness (QED) is 0.601. The average molecular weight is 399 g/mol. The Kier molecular flexibility index (Phi) is 6.36. The molecule has 146 valence electrons. The van der Waals surface area contributed by atoms with Gasteiger partial charge < -0.3 is 10.1 Å². The van der Waals surface area contributed by atoms with Crippen molar-refractivity contribution in [2.24, 2.45) is 0 Å². The van der Waals surface area contributed by atoms with Crippen LogP contribution in [0.3, 0.4) is 0 Å². The van der Waals surface area contributed by atoms with Crippen LogP contribution in [0.5, 0.6) is 5.75 Å². The molecule has 0 bridgehead atoms. The Morgan fingerprint density at radius 1 is 1.18 bits per heavy atom. The zero-order valence-electron chi connectivity index (χ0n) is 16.1. The van der Waals surface area contributed by atoms with Gasteiger partial charge in [0.2, 0.25) is 0 Å². The first kappa shape index (κ1) is 19.9. The Morgan fingerprint density at radius 2 is 1.89 bits per heavy atom. The highest BCUT2D eigenvalue weighted by atomic mass is 32.1. The van der Waals surface area contributed by atoms with Crippen molar-refractivity contribution in [2.75, 3.05) is 13.7 Å². The summed E-state index contributed by atoms with van der Waals surface area (Å²) < 4.78 is 19.0. The fraction of sp³-hybridized carbons (Fsp3) is 0.286. The number of benzene rings is 2. The summed E-state index contributed by atoms with van der Waals surface area (Å²) in [5, 5.41) is 13.0. The van der Waals surface area contributed by atoms with Crippen molar-refractivity contribution in [3.05, 3.63) is 63.9 Å². The van der Waals surface area contributed by atoms with Gasteiger partial charge in [-0.25, -0.2) is 4.39 Å². The number of carbonyl (C=O) groups is 1. The van der Waals surface area contributed by atoms with E-state index >= 15 is 0 Å². The van der Waals surface area contributed by atoms with Gasteiger partial charge in [0.05, 0.1) is 12.7 Å². The van der Waals surface area contributed by atoms with Crippen LogP contribution in [-0.2, 0) is 6.42 Å². The van der Waals surface area contributed by atoms with Crippen LogP contribution in [0.2, 0.25) is 0 Å². The highest BCUT2D eigenvalue weighted by Gasteiger charge is 2.12. The van der Waals surface area contributed by atoms with Gasteiger partial charge in [-0.2, -0.15) is 0 Å². The Labute approximate surface area is 167 Å². The molecule has 0 fully saturated rings. The summed E-state index contributed by atoms with van der Waals surface area (Å²) in [5.41, 5.74) is 3.20. The lowest BCUT2D eigenvalue weighted by atomic mass is 10.1. The molecule has 28 heavy (non-hydrogen) atoms. The molecule has 7 heteroatoms. The number of rotatable bonds is 7. The van der Waals surface area contributed by atoms with Crippen molar-refractivity contribution in [1.82, 2.24) is 15.5 Å². The Bertz CT molecular complexity index is 964. The standard InChI is InChI=1S/C21H22FN3O2S/c1-13-11-15(12-14(2)19(13)27-3)21-25-24-18(28-21)9-6-10-23-20(26)16-7-4-5-8-17(16)22/h4-5,7-8,11-12H,6,9-10H2,1-3H3,(H,23,26). The van der Waals surface area contributed by atoms with E-state index in [-0.39, 0.29) is 5.56 Å². The van der Waals surface area contributed by atoms with Gasteiger partial charge in [0.25, 0.3) is 5.91 Å². The van der Waals surface area contributed by atoms with Crippen LogP contribution in [0.15, 0.2) is 36.4 Å². The first-order chi connectivity index (χ1) is 13.5. The number of carbonyl (C=O) groups excluding carboxylic acids is 1. The van der Waals surface area contributed by atoms with Gasteiger partial charge in [-0.3, -0.25) is 4.79 Å². The second kappa shape index (κ2) is 8.93. The third kappa shape index (κ3) is 4.54. The predicted octanol–water partition coefficient (Wildman–Crippen LogP) is 4.33. The van der Waals surface area contributed by atoms with Crippen LogP contribution in [0.1, 0.15) is 32.9 Å². The molecule has 1 aromatic heterocycles. The number of ether oxygens (including phenoxy) is 1. The number of nitrogens with one attached hydrogen (secondary N) is 1. The van der Waals surface area contributed by atoms with E-state index in [4.69, 9.17) is 4.74 Å². The van der Waals surface area contributed by atoms with Gasteiger partial charge in [-0.05, 0) is 55.7 Å². The molecule has 5 nitrogen and oxygen atoms in total. The van der Waals surface area contributed by atoms with E-state index in [2.05, 4.69) is 15.5 Å². The summed E-state index contributed by atoms with van der Waals surface area (Å²) in [7, 11) is 1.67. The summed E-state index contributed by atoms with van der Waals surface area (Å²) in [6.45, 7) is 4.47. The monoisotopic (exact) mass is 399 g/mol. The van der Waals surface area contributed by atoms with Gasteiger partial charge in [-0.15, -0.1) is 10.2 Å². The molecule has 0 unspecified atom stereocenters. The van der Waals surface area contributed by atoms with Gasteiger partial charge in [0.15, 0.2) is 0 Å². The number of aryl methyl sites for hydroxylation is 3. The molecule has 0 aliphatic heterocycles. The molecule has 0 spiro atoms. The molecule has 0 saturated heterocycles. The minimum Gasteiger partial charge on any atom is -0.496 e. The minimum atomic E-state index is -0.515. The maximum absolute atomic E-state index is 13.6. The van der Waals surface area contributed by atoms with E-state index in [9.17, 15) is 9.18 Å². The van der Waals surface area contributed by atoms with Crippen molar-refractivity contribution in [3.8, 4) is 16.3 Å². The molecular weight excluding hydrogens is 377 g/mol. The molecule has 0 aliphatic rings. The van der Waals surface area contributed by atoms with Crippen molar-refractivity contribution in [3.63, 3.8) is 0 Å². The number of amides is 1. The van der Waals surface area contributed by atoms with Crippen molar-refractivity contribution < 1.29 is 13.9 Å². The largest absolute Gasteiger partial charge is 0.496 e. The molecule has 2 aromatic carbocycles. The molecule has 3 aromatic rings. The van der Waals surface area contributed by atoms with Crippen LogP contribution in [-0.4, -0.2) is 29.8 Å². The highest BCUT2D eigenvalue weighted by Crippen LogP contribution is 2.31. The third-order valence-corrected chi connectivity index (χ3v) is 5.38. The first-order valence-corrected chi connectivity index (χ1v) is 9.82. The molecule has 0 saturated carbocycles. The van der Waals surface area contributed by atoms with E-state index in [1.807, 2.05) is 26.0 Å². The lowest BCUT2D eigenvalue weighted by molar-refractivity contribution is 0.0949. The molecular formula is C21H22FN3O2S. The lowest BCUT2D eigenvalue weighted by Gasteiger charge is -2.09. The summed E-state index contributed by atoms with van der Waals surface area (Å²) in [6.07, 6.45) is 1.40.